The van der Waals surface area contributed by atoms with Crippen molar-refractivity contribution in [1.29, 1.82) is 0 Å². The first-order valence-corrected chi connectivity index (χ1v) is 12.3. The third-order valence-electron chi connectivity index (χ3n) is 6.89. The first kappa shape index (κ1) is 24.8. The van der Waals surface area contributed by atoms with Crippen molar-refractivity contribution >= 4 is 0 Å². The molecule has 0 radical (unpaired) electrons. The van der Waals surface area contributed by atoms with Crippen LogP contribution in [0, 0.1) is 17.7 Å². The number of benzene rings is 2. The Morgan fingerprint density at radius 3 is 2.53 bits per heavy atom. The third-order valence-corrected chi connectivity index (χ3v) is 6.89. The van der Waals surface area contributed by atoms with Crippen molar-refractivity contribution in [3.63, 3.8) is 0 Å². The fraction of sp³-hybridized carbons (Fsp3) is 0.500. The highest BCUT2D eigenvalue weighted by Gasteiger charge is 2.49. The van der Waals surface area contributed by atoms with E-state index in [-0.39, 0.29) is 11.9 Å². The van der Waals surface area contributed by atoms with Crippen LogP contribution in [0.25, 0.3) is 0 Å². The first-order chi connectivity index (χ1) is 16.5. The lowest BCUT2D eigenvalue weighted by Gasteiger charge is -2.57. The Balaban J connectivity index is 1.53. The number of aliphatic hydroxyl groups excluding tert-OH is 1. The van der Waals surface area contributed by atoms with Gasteiger partial charge in [-0.2, -0.15) is 0 Å². The van der Waals surface area contributed by atoms with Gasteiger partial charge in [-0.25, -0.2) is 4.39 Å². The van der Waals surface area contributed by atoms with Gasteiger partial charge < -0.3 is 9.84 Å². The van der Waals surface area contributed by atoms with Crippen LogP contribution < -0.4 is 5.32 Å². The minimum Gasteiger partial charge on any atom is -0.383 e. The SMILES string of the molecule is COC[C@H]1[C@H](c2ccc(C#Cc3ccccc3F)cc2)[C@@H]2CN(C(O)NC(C)C)CCCCN12. The average molecular weight is 466 g/mol. The third kappa shape index (κ3) is 5.68. The summed E-state index contributed by atoms with van der Waals surface area (Å²) in [5.74, 6) is 6.04. The van der Waals surface area contributed by atoms with E-state index in [1.165, 1.54) is 11.6 Å². The predicted molar refractivity (Wildman–Crippen MR) is 133 cm³/mol. The van der Waals surface area contributed by atoms with E-state index in [9.17, 15) is 9.50 Å². The molecule has 1 unspecified atom stereocenters. The van der Waals surface area contributed by atoms with Gasteiger partial charge in [-0.05, 0) is 63.1 Å². The number of ether oxygens (including phenoxy) is 1. The molecule has 2 aliphatic rings. The van der Waals surface area contributed by atoms with Gasteiger partial charge in [0.1, 0.15) is 5.82 Å². The average Bonchev–Trinajstić information content (AvgIpc) is 2.80. The molecule has 2 fully saturated rings. The van der Waals surface area contributed by atoms with E-state index in [1.807, 2.05) is 12.1 Å². The molecule has 0 aromatic heterocycles. The molecule has 2 aromatic carbocycles. The summed E-state index contributed by atoms with van der Waals surface area (Å²) in [5, 5.41) is 14.0. The van der Waals surface area contributed by atoms with Crippen LogP contribution >= 0.6 is 0 Å². The molecule has 2 heterocycles. The highest BCUT2D eigenvalue weighted by Crippen LogP contribution is 2.42. The van der Waals surface area contributed by atoms with Gasteiger partial charge in [0.05, 0.1) is 12.2 Å². The molecule has 2 aliphatic heterocycles. The topological polar surface area (TPSA) is 48.0 Å². The number of aliphatic hydroxyl groups is 1. The molecule has 0 amide bonds. The molecule has 182 valence electrons. The van der Waals surface area contributed by atoms with Crippen molar-refractivity contribution in [3.05, 3.63) is 71.0 Å². The fourth-order valence-electron chi connectivity index (χ4n) is 5.24. The van der Waals surface area contributed by atoms with Gasteiger partial charge >= 0.3 is 0 Å². The minimum atomic E-state index is -0.641. The number of hydrogen-bond donors (Lipinski definition) is 2. The van der Waals surface area contributed by atoms with E-state index in [1.54, 1.807) is 25.3 Å². The number of methoxy groups -OCH3 is 1. The van der Waals surface area contributed by atoms with E-state index in [4.69, 9.17) is 4.74 Å². The Morgan fingerprint density at radius 1 is 1.09 bits per heavy atom. The summed E-state index contributed by atoms with van der Waals surface area (Å²) < 4.78 is 19.5. The van der Waals surface area contributed by atoms with Crippen molar-refractivity contribution in [2.45, 2.75) is 57.1 Å². The van der Waals surface area contributed by atoms with Gasteiger partial charge in [0.2, 0.25) is 0 Å². The van der Waals surface area contributed by atoms with Crippen LogP contribution in [0.5, 0.6) is 0 Å². The number of nitrogens with one attached hydrogen (secondary N) is 1. The van der Waals surface area contributed by atoms with Crippen LogP contribution in [-0.2, 0) is 4.74 Å². The van der Waals surface area contributed by atoms with Crippen LogP contribution in [0.2, 0.25) is 0 Å². The molecular weight excluding hydrogens is 429 g/mol. The molecule has 0 bridgehead atoms. The largest absolute Gasteiger partial charge is 0.383 e. The summed E-state index contributed by atoms with van der Waals surface area (Å²) in [7, 11) is 1.76. The van der Waals surface area contributed by atoms with Crippen molar-refractivity contribution in [2.75, 3.05) is 33.4 Å². The van der Waals surface area contributed by atoms with Crippen molar-refractivity contribution in [2.24, 2.45) is 0 Å². The molecular formula is C28H36FN3O2. The van der Waals surface area contributed by atoms with Gasteiger partial charge in [-0.1, -0.05) is 36.1 Å². The maximum absolute atomic E-state index is 13.9. The molecule has 2 N–H and O–H groups in total. The lowest BCUT2D eigenvalue weighted by Crippen LogP contribution is -2.69. The van der Waals surface area contributed by atoms with Crippen LogP contribution in [0.3, 0.4) is 0 Å². The molecule has 6 heteroatoms. The number of rotatable bonds is 6. The molecule has 2 saturated heterocycles. The fourth-order valence-corrected chi connectivity index (χ4v) is 5.24. The molecule has 4 rings (SSSR count). The molecule has 0 aliphatic carbocycles. The van der Waals surface area contributed by atoms with Crippen LogP contribution in [0.1, 0.15) is 49.3 Å². The van der Waals surface area contributed by atoms with E-state index >= 15 is 0 Å². The first-order valence-electron chi connectivity index (χ1n) is 12.3. The molecule has 0 spiro atoms. The summed E-state index contributed by atoms with van der Waals surface area (Å²) in [6, 6.07) is 15.8. The second-order valence-corrected chi connectivity index (χ2v) is 9.60. The minimum absolute atomic E-state index is 0.216. The zero-order chi connectivity index (χ0) is 24.1. The summed E-state index contributed by atoms with van der Waals surface area (Å²) in [6.45, 7) is 7.54. The van der Waals surface area contributed by atoms with E-state index in [2.05, 4.69) is 52.9 Å². The van der Waals surface area contributed by atoms with Crippen molar-refractivity contribution < 1.29 is 14.2 Å². The summed E-state index contributed by atoms with van der Waals surface area (Å²) in [4.78, 5) is 4.72. The molecule has 34 heavy (non-hydrogen) atoms. The Bertz CT molecular complexity index is 1000. The highest BCUT2D eigenvalue weighted by atomic mass is 19.1. The Kier molecular flexibility index (Phi) is 8.36. The van der Waals surface area contributed by atoms with Gasteiger partial charge in [-0.15, -0.1) is 0 Å². The number of hydrogen-bond acceptors (Lipinski definition) is 5. The second-order valence-electron chi connectivity index (χ2n) is 9.60. The highest BCUT2D eigenvalue weighted by molar-refractivity contribution is 5.44. The summed E-state index contributed by atoms with van der Waals surface area (Å²) in [6.07, 6.45) is 1.54. The van der Waals surface area contributed by atoms with E-state index < -0.39 is 6.35 Å². The zero-order valence-corrected chi connectivity index (χ0v) is 20.4. The van der Waals surface area contributed by atoms with Gasteiger partial charge in [0, 0.05) is 49.8 Å². The number of halogens is 1. The Morgan fingerprint density at radius 2 is 1.82 bits per heavy atom. The smallest absolute Gasteiger partial charge is 0.163 e. The second kappa shape index (κ2) is 11.4. The molecule has 0 saturated carbocycles. The number of fused-ring (bicyclic) bond motifs is 1. The van der Waals surface area contributed by atoms with E-state index in [0.717, 1.165) is 38.0 Å². The van der Waals surface area contributed by atoms with E-state index in [0.29, 0.717) is 30.2 Å². The van der Waals surface area contributed by atoms with Gasteiger partial charge in [0.25, 0.3) is 0 Å². The van der Waals surface area contributed by atoms with Crippen LogP contribution in [0.4, 0.5) is 4.39 Å². The molecule has 2 aromatic rings. The Hall–Kier alpha value is -2.27. The standard InChI is InChI=1S/C28H36FN3O2/c1-20(2)30-28(33)31-16-6-7-17-32-25(18-31)27(26(32)19-34-3)23-14-11-21(12-15-23)10-13-22-8-4-5-9-24(22)29/h4-5,8-9,11-12,14-15,20,25-28,30,33H,6-7,16-19H2,1-3H3/t25-,26-,27+,28?/m0/s1. The maximum atomic E-state index is 13.9. The maximum Gasteiger partial charge on any atom is 0.163 e. The Labute approximate surface area is 202 Å². The van der Waals surface area contributed by atoms with Gasteiger partial charge in [-0.3, -0.25) is 15.1 Å². The van der Waals surface area contributed by atoms with Crippen molar-refractivity contribution in [3.8, 4) is 11.8 Å². The summed E-state index contributed by atoms with van der Waals surface area (Å²) in [5.41, 5.74) is 2.53. The normalized spacial score (nSPS) is 24.4. The van der Waals surface area contributed by atoms with Gasteiger partial charge in [0.15, 0.2) is 6.35 Å². The molecule has 4 atom stereocenters. The predicted octanol–water partition coefficient (Wildman–Crippen LogP) is 3.38. The molecule has 5 nitrogen and oxygen atoms in total. The lowest BCUT2D eigenvalue weighted by atomic mass is 9.74. The zero-order valence-electron chi connectivity index (χ0n) is 20.4. The lowest BCUT2D eigenvalue weighted by molar-refractivity contribution is -0.106. The van der Waals surface area contributed by atoms with Crippen LogP contribution in [-0.4, -0.2) is 72.7 Å². The van der Waals surface area contributed by atoms with Crippen LogP contribution in [0.15, 0.2) is 48.5 Å². The monoisotopic (exact) mass is 465 g/mol. The quantitative estimate of drug-likeness (QED) is 0.506. The summed E-state index contributed by atoms with van der Waals surface area (Å²) >= 11 is 0. The van der Waals surface area contributed by atoms with Crippen molar-refractivity contribution in [1.82, 2.24) is 15.1 Å². The number of nitrogens with zero attached hydrogens (tertiary/aromatic N) is 2.